The Kier molecular flexibility index (Phi) is 6.43. The first-order valence-electron chi connectivity index (χ1n) is 8.04. The lowest BCUT2D eigenvalue weighted by Crippen LogP contribution is -2.48. The maximum atomic E-state index is 13.1. The fourth-order valence-electron chi connectivity index (χ4n) is 3.70. The Morgan fingerprint density at radius 2 is 1.80 bits per heavy atom. The Balaban J connectivity index is 0.00000113. The topological polar surface area (TPSA) is 59.0 Å². The van der Waals surface area contributed by atoms with Gasteiger partial charge in [0, 0.05) is 23.8 Å². The maximum absolute atomic E-state index is 13.1. The van der Waals surface area contributed by atoms with E-state index in [1.54, 1.807) is 29.2 Å². The summed E-state index contributed by atoms with van der Waals surface area (Å²) in [5.41, 5.74) is 1.20. The number of nitrogens with zero attached hydrogens (tertiary/aromatic N) is 2. The quantitative estimate of drug-likeness (QED) is 0.852. The molecule has 2 bridgehead atoms. The zero-order valence-corrected chi connectivity index (χ0v) is 15.2. The first-order chi connectivity index (χ1) is 11.2. The number of benzene rings is 1. The predicted octanol–water partition coefficient (Wildman–Crippen LogP) is 2.87. The highest BCUT2D eigenvalue weighted by Crippen LogP contribution is 2.27. The Hall–Kier alpha value is -1.63. The summed E-state index contributed by atoms with van der Waals surface area (Å²) in [5, 5.41) is 6.70. The minimum absolute atomic E-state index is 0. The summed E-state index contributed by atoms with van der Waals surface area (Å²) in [6, 6.07) is 7.29. The molecule has 0 saturated carbocycles. The van der Waals surface area contributed by atoms with Crippen molar-refractivity contribution in [2.75, 3.05) is 0 Å². The van der Waals surface area contributed by atoms with Crippen LogP contribution in [0.5, 0.6) is 0 Å². The van der Waals surface area contributed by atoms with Crippen LogP contribution in [-0.4, -0.2) is 33.6 Å². The van der Waals surface area contributed by atoms with Crippen molar-refractivity contribution in [3.8, 4) is 5.69 Å². The summed E-state index contributed by atoms with van der Waals surface area (Å²) in [6.45, 7) is 0. The van der Waals surface area contributed by atoms with Crippen LogP contribution in [-0.2, 0) is 0 Å². The maximum Gasteiger partial charge on any atom is 0.270 e. The van der Waals surface area contributed by atoms with Gasteiger partial charge < -0.3 is 10.6 Å². The molecule has 2 aromatic rings. The molecule has 2 fully saturated rings. The molecule has 2 saturated heterocycles. The average molecular weight is 387 g/mol. The number of hydrogen-bond donors (Lipinski definition) is 2. The van der Waals surface area contributed by atoms with Crippen LogP contribution in [0, 0.1) is 5.82 Å². The summed E-state index contributed by atoms with van der Waals surface area (Å²) in [4.78, 5) is 16.7. The minimum atomic E-state index is -0.301. The van der Waals surface area contributed by atoms with Crippen molar-refractivity contribution in [2.45, 2.75) is 43.8 Å². The van der Waals surface area contributed by atoms with E-state index in [1.807, 2.05) is 0 Å². The van der Waals surface area contributed by atoms with Crippen LogP contribution >= 0.6 is 24.8 Å². The van der Waals surface area contributed by atoms with Crippen LogP contribution < -0.4 is 10.6 Å². The lowest BCUT2D eigenvalue weighted by Gasteiger charge is -2.29. The van der Waals surface area contributed by atoms with Crippen LogP contribution in [0.1, 0.15) is 36.2 Å². The number of amides is 1. The van der Waals surface area contributed by atoms with E-state index < -0.39 is 0 Å². The molecule has 1 aromatic heterocycles. The predicted molar refractivity (Wildman–Crippen MR) is 98.5 cm³/mol. The molecule has 4 rings (SSSR count). The molecule has 5 nitrogen and oxygen atoms in total. The van der Waals surface area contributed by atoms with E-state index in [0.29, 0.717) is 17.8 Å². The number of carbonyl (C=O) groups excluding carboxylic acids is 1. The highest BCUT2D eigenvalue weighted by molar-refractivity contribution is 5.93. The Morgan fingerprint density at radius 1 is 1.16 bits per heavy atom. The highest BCUT2D eigenvalue weighted by Gasteiger charge is 2.34. The number of piperidine rings is 1. The van der Waals surface area contributed by atoms with Crippen LogP contribution in [0.2, 0.25) is 0 Å². The summed E-state index contributed by atoms with van der Waals surface area (Å²) < 4.78 is 14.8. The molecule has 2 aliphatic rings. The van der Waals surface area contributed by atoms with E-state index >= 15 is 0 Å². The Morgan fingerprint density at radius 3 is 2.44 bits per heavy atom. The lowest BCUT2D eigenvalue weighted by atomic mass is 10.00. The summed E-state index contributed by atoms with van der Waals surface area (Å²) >= 11 is 0. The van der Waals surface area contributed by atoms with Gasteiger partial charge >= 0.3 is 0 Å². The number of nitrogens with one attached hydrogen (secondary N) is 2. The van der Waals surface area contributed by atoms with Gasteiger partial charge in [-0.05, 0) is 49.9 Å². The molecule has 3 heterocycles. The minimum Gasteiger partial charge on any atom is -0.348 e. The van der Waals surface area contributed by atoms with E-state index in [1.165, 1.54) is 25.0 Å². The van der Waals surface area contributed by atoms with Gasteiger partial charge in [-0.2, -0.15) is 0 Å². The second-order valence-electron chi connectivity index (χ2n) is 6.40. The van der Waals surface area contributed by atoms with Gasteiger partial charge in [0.05, 0.1) is 12.5 Å². The van der Waals surface area contributed by atoms with Crippen LogP contribution in [0.25, 0.3) is 5.69 Å². The van der Waals surface area contributed by atoms with Gasteiger partial charge in [-0.15, -0.1) is 24.8 Å². The van der Waals surface area contributed by atoms with E-state index in [4.69, 9.17) is 0 Å². The van der Waals surface area contributed by atoms with Crippen LogP contribution in [0.15, 0.2) is 36.8 Å². The van der Waals surface area contributed by atoms with Crippen molar-refractivity contribution in [3.63, 3.8) is 0 Å². The SMILES string of the molecule is Cl.Cl.O=C(NC1CC2CCC(C1)N2)c1cncn1-c1ccc(F)cc1. The molecular weight excluding hydrogens is 366 g/mol. The Labute approximate surface area is 158 Å². The zero-order chi connectivity index (χ0) is 15.8. The number of halogens is 3. The molecule has 1 aromatic carbocycles. The van der Waals surface area contributed by atoms with Gasteiger partial charge in [-0.3, -0.25) is 9.36 Å². The molecule has 8 heteroatoms. The summed E-state index contributed by atoms with van der Waals surface area (Å²) in [7, 11) is 0. The molecule has 0 spiro atoms. The molecular formula is C17H21Cl2FN4O. The first kappa shape index (κ1) is 19.7. The summed E-state index contributed by atoms with van der Waals surface area (Å²) in [5.74, 6) is -0.428. The lowest BCUT2D eigenvalue weighted by molar-refractivity contribution is 0.0917. The van der Waals surface area contributed by atoms with E-state index in [0.717, 1.165) is 18.5 Å². The van der Waals surface area contributed by atoms with E-state index in [2.05, 4.69) is 15.6 Å². The van der Waals surface area contributed by atoms with Crippen molar-refractivity contribution in [1.82, 2.24) is 20.2 Å². The normalized spacial score (nSPS) is 24.1. The van der Waals surface area contributed by atoms with Crippen LogP contribution in [0.4, 0.5) is 4.39 Å². The van der Waals surface area contributed by atoms with Crippen LogP contribution in [0.3, 0.4) is 0 Å². The van der Waals surface area contributed by atoms with Crippen molar-refractivity contribution in [2.24, 2.45) is 0 Å². The molecule has 25 heavy (non-hydrogen) atoms. The number of aromatic nitrogens is 2. The van der Waals surface area contributed by atoms with E-state index in [9.17, 15) is 9.18 Å². The van der Waals surface area contributed by atoms with Crippen molar-refractivity contribution in [1.29, 1.82) is 0 Å². The second-order valence-corrected chi connectivity index (χ2v) is 6.40. The largest absolute Gasteiger partial charge is 0.348 e. The number of imidazole rings is 1. The fraction of sp³-hybridized carbons (Fsp3) is 0.412. The average Bonchev–Trinajstić information content (AvgIpc) is 3.15. The third kappa shape index (κ3) is 4.14. The second kappa shape index (κ2) is 8.17. The summed E-state index contributed by atoms with van der Waals surface area (Å²) in [6.07, 6.45) is 7.48. The van der Waals surface area contributed by atoms with Gasteiger partial charge in [-0.1, -0.05) is 0 Å². The number of carbonyl (C=O) groups is 1. The molecule has 2 N–H and O–H groups in total. The molecule has 0 aliphatic carbocycles. The third-order valence-electron chi connectivity index (χ3n) is 4.78. The van der Waals surface area contributed by atoms with Gasteiger partial charge in [0.1, 0.15) is 11.5 Å². The molecule has 136 valence electrons. The fourth-order valence-corrected chi connectivity index (χ4v) is 3.70. The van der Waals surface area contributed by atoms with Gasteiger partial charge in [0.15, 0.2) is 0 Å². The number of hydrogen-bond acceptors (Lipinski definition) is 3. The highest BCUT2D eigenvalue weighted by atomic mass is 35.5. The number of rotatable bonds is 3. The van der Waals surface area contributed by atoms with Gasteiger partial charge in [0.2, 0.25) is 0 Å². The third-order valence-corrected chi connectivity index (χ3v) is 4.78. The smallest absolute Gasteiger partial charge is 0.270 e. The zero-order valence-electron chi connectivity index (χ0n) is 13.5. The van der Waals surface area contributed by atoms with Crippen molar-refractivity contribution >= 4 is 30.7 Å². The first-order valence-corrected chi connectivity index (χ1v) is 8.04. The Bertz CT molecular complexity index is 710. The molecule has 1 amide bonds. The van der Waals surface area contributed by atoms with Gasteiger partial charge in [0.25, 0.3) is 5.91 Å². The molecule has 2 atom stereocenters. The van der Waals surface area contributed by atoms with Crippen molar-refractivity contribution < 1.29 is 9.18 Å². The molecule has 0 radical (unpaired) electrons. The monoisotopic (exact) mass is 386 g/mol. The van der Waals surface area contributed by atoms with Gasteiger partial charge in [-0.25, -0.2) is 9.37 Å². The standard InChI is InChI=1S/C17H19FN4O.2ClH/c18-11-1-5-15(6-2-11)22-10-19-9-16(22)17(23)21-14-7-12-3-4-13(8-14)20-12;;/h1-2,5-6,9-10,12-14,20H,3-4,7-8H2,(H,21,23);2*1H. The molecule has 2 aliphatic heterocycles. The molecule has 2 unspecified atom stereocenters. The van der Waals surface area contributed by atoms with E-state index in [-0.39, 0.29) is 42.6 Å². The number of fused-ring (bicyclic) bond motifs is 2. The van der Waals surface area contributed by atoms with Crippen molar-refractivity contribution in [3.05, 3.63) is 48.3 Å².